The van der Waals surface area contributed by atoms with E-state index in [1.165, 1.54) is 0 Å². The van der Waals surface area contributed by atoms with Gasteiger partial charge in [0.15, 0.2) is 0 Å². The first-order chi connectivity index (χ1) is 11.8. The van der Waals surface area contributed by atoms with Crippen molar-refractivity contribution in [1.82, 2.24) is 0 Å². The van der Waals surface area contributed by atoms with Gasteiger partial charge in [0.1, 0.15) is 11.2 Å². The molecule has 1 atom stereocenters. The zero-order valence-corrected chi connectivity index (χ0v) is 16.8. The Balaban J connectivity index is 2.89. The van der Waals surface area contributed by atoms with Gasteiger partial charge in [0.25, 0.3) is 0 Å². The average molecular weight is 354 g/mol. The minimum atomic E-state index is -1.20. The lowest BCUT2D eigenvalue weighted by atomic mass is 9.71. The summed E-state index contributed by atoms with van der Waals surface area (Å²) in [7, 11) is 0. The van der Waals surface area contributed by atoms with Crippen molar-refractivity contribution in [3.05, 3.63) is 64.7 Å². The predicted octanol–water partition coefficient (Wildman–Crippen LogP) is 5.38. The van der Waals surface area contributed by atoms with E-state index in [1.807, 2.05) is 84.0 Å². The Morgan fingerprint density at radius 1 is 0.769 bits per heavy atom. The van der Waals surface area contributed by atoms with E-state index in [9.17, 15) is 15.0 Å². The van der Waals surface area contributed by atoms with E-state index in [0.29, 0.717) is 5.56 Å². The zero-order chi connectivity index (χ0) is 19.9. The SMILES string of the molecule is CC(C)(C)c1cc(C(C)(C(=O)O)c2ccccc2)cc(C(C)(C)C)c1O. The number of benzene rings is 2. The van der Waals surface area contributed by atoms with Crippen molar-refractivity contribution in [2.75, 3.05) is 0 Å². The third kappa shape index (κ3) is 3.48. The summed E-state index contributed by atoms with van der Waals surface area (Å²) in [5.74, 6) is -0.649. The molecule has 1 unspecified atom stereocenters. The predicted molar refractivity (Wildman–Crippen MR) is 106 cm³/mol. The number of carboxylic acids is 1. The number of aliphatic carboxylic acids is 1. The van der Waals surface area contributed by atoms with Crippen LogP contribution in [0.15, 0.2) is 42.5 Å². The van der Waals surface area contributed by atoms with Crippen LogP contribution in [0, 0.1) is 0 Å². The highest BCUT2D eigenvalue weighted by atomic mass is 16.4. The largest absolute Gasteiger partial charge is 0.507 e. The maximum absolute atomic E-state index is 12.4. The van der Waals surface area contributed by atoms with E-state index in [2.05, 4.69) is 0 Å². The monoisotopic (exact) mass is 354 g/mol. The number of phenolic OH excluding ortho intramolecular Hbond substituents is 1. The van der Waals surface area contributed by atoms with Gasteiger partial charge in [0.2, 0.25) is 0 Å². The van der Waals surface area contributed by atoms with E-state index in [0.717, 1.165) is 16.7 Å². The fraction of sp³-hybridized carbons (Fsp3) is 0.435. The van der Waals surface area contributed by atoms with Crippen LogP contribution in [-0.4, -0.2) is 16.2 Å². The molecule has 0 spiro atoms. The number of phenols is 1. The Morgan fingerprint density at radius 2 is 1.19 bits per heavy atom. The summed E-state index contributed by atoms with van der Waals surface area (Å²) in [5.41, 5.74) is 1.12. The van der Waals surface area contributed by atoms with Crippen LogP contribution in [-0.2, 0) is 21.0 Å². The fourth-order valence-corrected chi connectivity index (χ4v) is 3.25. The molecular weight excluding hydrogens is 324 g/mol. The summed E-state index contributed by atoms with van der Waals surface area (Å²) < 4.78 is 0. The molecule has 0 saturated heterocycles. The van der Waals surface area contributed by atoms with E-state index >= 15 is 0 Å². The normalized spacial score (nSPS) is 14.7. The Kier molecular flexibility index (Phi) is 4.97. The summed E-state index contributed by atoms with van der Waals surface area (Å²) in [6.45, 7) is 13.9. The molecule has 0 aromatic heterocycles. The van der Waals surface area contributed by atoms with Gasteiger partial charge in [-0.3, -0.25) is 4.79 Å². The molecule has 140 valence electrons. The summed E-state index contributed by atoms with van der Waals surface area (Å²) in [6.07, 6.45) is 0. The average Bonchev–Trinajstić information content (AvgIpc) is 2.52. The second-order valence-corrected chi connectivity index (χ2v) is 9.22. The lowest BCUT2D eigenvalue weighted by molar-refractivity contribution is -0.141. The van der Waals surface area contributed by atoms with Gasteiger partial charge in [0, 0.05) is 0 Å². The van der Waals surface area contributed by atoms with Crippen molar-refractivity contribution in [3.63, 3.8) is 0 Å². The number of carboxylic acid groups (broad SMARTS) is 1. The molecule has 0 aliphatic carbocycles. The van der Waals surface area contributed by atoms with Gasteiger partial charge in [-0.2, -0.15) is 0 Å². The van der Waals surface area contributed by atoms with Gasteiger partial charge in [-0.1, -0.05) is 84.0 Å². The summed E-state index contributed by atoms with van der Waals surface area (Å²) in [5, 5.41) is 21.0. The number of rotatable bonds is 3. The van der Waals surface area contributed by atoms with E-state index in [4.69, 9.17) is 0 Å². The number of hydrogen-bond acceptors (Lipinski definition) is 2. The standard InChI is InChI=1S/C23H30O3/c1-21(2,3)17-13-16(14-18(19(17)24)22(4,5)6)23(7,20(25)26)15-11-9-8-10-12-15/h8-14,24H,1-7H3,(H,25,26). The number of hydrogen-bond donors (Lipinski definition) is 2. The minimum Gasteiger partial charge on any atom is -0.507 e. The Hall–Kier alpha value is -2.29. The smallest absolute Gasteiger partial charge is 0.318 e. The van der Waals surface area contributed by atoms with Crippen molar-refractivity contribution in [1.29, 1.82) is 0 Å². The molecule has 2 aromatic carbocycles. The van der Waals surface area contributed by atoms with Crippen molar-refractivity contribution in [2.24, 2.45) is 0 Å². The Morgan fingerprint density at radius 3 is 1.54 bits per heavy atom. The molecule has 0 aliphatic heterocycles. The van der Waals surface area contributed by atoms with Gasteiger partial charge >= 0.3 is 5.97 Å². The molecule has 0 heterocycles. The molecule has 3 heteroatoms. The summed E-state index contributed by atoms with van der Waals surface area (Å²) in [6, 6.07) is 13.0. The van der Waals surface area contributed by atoms with Crippen LogP contribution >= 0.6 is 0 Å². The maximum atomic E-state index is 12.4. The highest BCUT2D eigenvalue weighted by Gasteiger charge is 2.39. The van der Waals surface area contributed by atoms with Crippen LogP contribution in [0.5, 0.6) is 5.75 Å². The lowest BCUT2D eigenvalue weighted by Crippen LogP contribution is -2.34. The molecule has 2 N–H and O–H groups in total. The lowest BCUT2D eigenvalue weighted by Gasteiger charge is -2.33. The van der Waals surface area contributed by atoms with Crippen LogP contribution in [0.1, 0.15) is 70.7 Å². The van der Waals surface area contributed by atoms with Crippen LogP contribution in [0.2, 0.25) is 0 Å². The molecule has 0 saturated carbocycles. The zero-order valence-electron chi connectivity index (χ0n) is 16.8. The number of carbonyl (C=O) groups is 1. The summed E-state index contributed by atoms with van der Waals surface area (Å²) in [4.78, 5) is 12.4. The molecule has 0 bridgehead atoms. The van der Waals surface area contributed by atoms with Crippen molar-refractivity contribution in [2.45, 2.75) is 64.7 Å². The second kappa shape index (κ2) is 6.46. The quantitative estimate of drug-likeness (QED) is 0.778. The second-order valence-electron chi connectivity index (χ2n) is 9.22. The van der Waals surface area contributed by atoms with E-state index < -0.39 is 11.4 Å². The number of aromatic hydroxyl groups is 1. The molecule has 0 fully saturated rings. The molecule has 0 radical (unpaired) electrons. The maximum Gasteiger partial charge on any atom is 0.318 e. The van der Waals surface area contributed by atoms with Crippen LogP contribution in [0.25, 0.3) is 0 Å². The highest BCUT2D eigenvalue weighted by molar-refractivity contribution is 5.86. The minimum absolute atomic E-state index is 0.259. The third-order valence-corrected chi connectivity index (χ3v) is 5.08. The first-order valence-electron chi connectivity index (χ1n) is 8.97. The molecule has 26 heavy (non-hydrogen) atoms. The molecular formula is C23H30O3. The van der Waals surface area contributed by atoms with Crippen molar-refractivity contribution in [3.8, 4) is 5.75 Å². The summed E-state index contributed by atoms with van der Waals surface area (Å²) >= 11 is 0. The van der Waals surface area contributed by atoms with E-state index in [1.54, 1.807) is 6.92 Å². The van der Waals surface area contributed by atoms with E-state index in [-0.39, 0.29) is 16.6 Å². The third-order valence-electron chi connectivity index (χ3n) is 5.08. The first-order valence-corrected chi connectivity index (χ1v) is 8.97. The van der Waals surface area contributed by atoms with Gasteiger partial charge in [-0.25, -0.2) is 0 Å². The van der Waals surface area contributed by atoms with Gasteiger partial charge in [-0.15, -0.1) is 0 Å². The molecule has 2 aromatic rings. The highest BCUT2D eigenvalue weighted by Crippen LogP contribution is 2.43. The Labute approximate surface area is 156 Å². The van der Waals surface area contributed by atoms with Gasteiger partial charge < -0.3 is 10.2 Å². The van der Waals surface area contributed by atoms with Gasteiger partial charge in [0.05, 0.1) is 0 Å². The molecule has 3 nitrogen and oxygen atoms in total. The van der Waals surface area contributed by atoms with Crippen LogP contribution in [0.3, 0.4) is 0 Å². The molecule has 2 rings (SSSR count). The topological polar surface area (TPSA) is 57.5 Å². The van der Waals surface area contributed by atoms with Crippen molar-refractivity contribution < 1.29 is 15.0 Å². The Bertz CT molecular complexity index is 773. The first kappa shape index (κ1) is 20.0. The van der Waals surface area contributed by atoms with Gasteiger partial charge in [-0.05, 0) is 40.0 Å². The van der Waals surface area contributed by atoms with Crippen molar-refractivity contribution >= 4 is 5.97 Å². The molecule has 0 amide bonds. The van der Waals surface area contributed by atoms with Crippen LogP contribution in [0.4, 0.5) is 0 Å². The molecule has 0 aliphatic rings. The fourth-order valence-electron chi connectivity index (χ4n) is 3.25. The van der Waals surface area contributed by atoms with Crippen LogP contribution < -0.4 is 0 Å².